The summed E-state index contributed by atoms with van der Waals surface area (Å²) in [5.74, 6) is -0.922. The lowest BCUT2D eigenvalue weighted by Crippen LogP contribution is -2.27. The van der Waals surface area contributed by atoms with Crippen LogP contribution in [0.4, 0.5) is 5.69 Å². The van der Waals surface area contributed by atoms with Crippen molar-refractivity contribution in [2.75, 3.05) is 19.1 Å². The number of carbonyl (C=O) groups is 2. The summed E-state index contributed by atoms with van der Waals surface area (Å²) in [4.78, 5) is 27.4. The van der Waals surface area contributed by atoms with Crippen LogP contribution < -0.4 is 4.90 Å². The van der Waals surface area contributed by atoms with Crippen molar-refractivity contribution in [3.63, 3.8) is 0 Å². The molecule has 19 heavy (non-hydrogen) atoms. The number of benzene rings is 1. The molecule has 0 atom stereocenters. The van der Waals surface area contributed by atoms with Crippen LogP contribution in [0.5, 0.6) is 0 Å². The summed E-state index contributed by atoms with van der Waals surface area (Å²) in [5, 5.41) is 0. The van der Waals surface area contributed by atoms with Gasteiger partial charge in [0.1, 0.15) is 0 Å². The SMILES string of the molecule is COC(=O)C(CCC(=O)N(C)c1ccccc1)=[N+]=[N-]. The first kappa shape index (κ1) is 14.6. The van der Waals surface area contributed by atoms with Crippen LogP contribution in [-0.4, -0.2) is 36.5 Å². The third-order valence-electron chi connectivity index (χ3n) is 2.63. The number of rotatable bonds is 5. The van der Waals surface area contributed by atoms with Gasteiger partial charge in [-0.2, -0.15) is 4.79 Å². The Morgan fingerprint density at radius 2 is 1.89 bits per heavy atom. The number of ether oxygens (including phenoxy) is 1. The van der Waals surface area contributed by atoms with E-state index in [1.54, 1.807) is 19.2 Å². The molecule has 0 aromatic heterocycles. The van der Waals surface area contributed by atoms with E-state index in [9.17, 15) is 9.59 Å². The number of carbonyl (C=O) groups excluding carboxylic acids is 2. The van der Waals surface area contributed by atoms with Gasteiger partial charge in [0.05, 0.1) is 13.5 Å². The van der Waals surface area contributed by atoms with Gasteiger partial charge in [0.25, 0.3) is 0 Å². The number of hydrogen-bond donors (Lipinski definition) is 0. The molecule has 0 spiro atoms. The van der Waals surface area contributed by atoms with Crippen molar-refractivity contribution in [2.45, 2.75) is 12.8 Å². The Balaban J connectivity index is 2.61. The van der Waals surface area contributed by atoms with Gasteiger partial charge < -0.3 is 15.2 Å². The van der Waals surface area contributed by atoms with Gasteiger partial charge in [-0.05, 0) is 12.1 Å². The number of esters is 1. The summed E-state index contributed by atoms with van der Waals surface area (Å²) in [5.41, 5.74) is 9.25. The lowest BCUT2D eigenvalue weighted by Gasteiger charge is -2.16. The maximum absolute atomic E-state index is 11.9. The second kappa shape index (κ2) is 7.08. The molecule has 0 heterocycles. The van der Waals surface area contributed by atoms with Crippen LogP contribution in [0, 0.1) is 0 Å². The monoisotopic (exact) mass is 261 g/mol. The average Bonchev–Trinajstić information content (AvgIpc) is 2.47. The lowest BCUT2D eigenvalue weighted by atomic mass is 10.2. The molecule has 0 N–H and O–H groups in total. The number of nitrogens with zero attached hydrogens (tertiary/aromatic N) is 3. The van der Waals surface area contributed by atoms with E-state index in [1.165, 1.54) is 12.0 Å². The van der Waals surface area contributed by atoms with Crippen LogP contribution in [0.15, 0.2) is 30.3 Å². The molecule has 1 rings (SSSR count). The van der Waals surface area contributed by atoms with Crippen molar-refractivity contribution < 1.29 is 19.1 Å². The summed E-state index contributed by atoms with van der Waals surface area (Å²) < 4.78 is 4.43. The Morgan fingerprint density at radius 3 is 2.42 bits per heavy atom. The third kappa shape index (κ3) is 4.04. The minimum Gasteiger partial charge on any atom is -0.460 e. The molecule has 0 aliphatic carbocycles. The molecule has 0 radical (unpaired) electrons. The van der Waals surface area contributed by atoms with Crippen LogP contribution in [0.25, 0.3) is 5.53 Å². The zero-order valence-corrected chi connectivity index (χ0v) is 10.9. The first-order valence-corrected chi connectivity index (χ1v) is 5.71. The van der Waals surface area contributed by atoms with Crippen molar-refractivity contribution in [1.29, 1.82) is 0 Å². The fourth-order valence-electron chi connectivity index (χ4n) is 1.50. The molecular weight excluding hydrogens is 246 g/mol. The van der Waals surface area contributed by atoms with Crippen LogP contribution in [0.3, 0.4) is 0 Å². The molecule has 100 valence electrons. The highest BCUT2D eigenvalue weighted by atomic mass is 16.5. The highest BCUT2D eigenvalue weighted by Crippen LogP contribution is 2.12. The molecule has 0 aliphatic rings. The second-order valence-corrected chi connectivity index (χ2v) is 3.83. The van der Waals surface area contributed by atoms with Gasteiger partial charge in [-0.1, -0.05) is 18.2 Å². The molecule has 6 heteroatoms. The average molecular weight is 261 g/mol. The van der Waals surface area contributed by atoms with E-state index in [2.05, 4.69) is 9.53 Å². The Labute approximate surface area is 111 Å². The van der Waals surface area contributed by atoms with E-state index in [0.29, 0.717) is 0 Å². The number of hydrogen-bond acceptors (Lipinski definition) is 3. The Kier molecular flexibility index (Phi) is 5.44. The quantitative estimate of drug-likeness (QED) is 0.346. The number of methoxy groups -OCH3 is 1. The molecule has 0 bridgehead atoms. The van der Waals surface area contributed by atoms with Crippen LogP contribution in [0.1, 0.15) is 12.8 Å². The summed E-state index contributed by atoms with van der Waals surface area (Å²) in [6.45, 7) is 0. The Hall–Kier alpha value is -2.46. The van der Waals surface area contributed by atoms with E-state index in [4.69, 9.17) is 5.53 Å². The van der Waals surface area contributed by atoms with Crippen molar-refractivity contribution in [2.24, 2.45) is 0 Å². The van der Waals surface area contributed by atoms with Crippen molar-refractivity contribution in [3.8, 4) is 0 Å². The van der Waals surface area contributed by atoms with Gasteiger partial charge in [-0.15, -0.1) is 0 Å². The minimum atomic E-state index is -0.738. The Bertz CT molecular complexity index is 507. The summed E-state index contributed by atoms with van der Waals surface area (Å²) >= 11 is 0. The number of para-hydroxylation sites is 1. The van der Waals surface area contributed by atoms with E-state index >= 15 is 0 Å². The predicted molar refractivity (Wildman–Crippen MR) is 69.7 cm³/mol. The normalized spacial score (nSPS) is 9.37. The molecular formula is C13H15N3O3. The largest absolute Gasteiger partial charge is 0.460 e. The van der Waals surface area contributed by atoms with E-state index in [1.807, 2.05) is 18.2 Å². The van der Waals surface area contributed by atoms with Gasteiger partial charge in [0, 0.05) is 19.2 Å². The van der Waals surface area contributed by atoms with Gasteiger partial charge in [0.15, 0.2) is 0 Å². The minimum absolute atomic E-state index is 0.0270. The maximum Gasteiger partial charge on any atom is 0.416 e. The second-order valence-electron chi connectivity index (χ2n) is 3.83. The molecule has 0 aliphatic heterocycles. The lowest BCUT2D eigenvalue weighted by molar-refractivity contribution is -0.137. The maximum atomic E-state index is 11.9. The number of anilines is 1. The molecule has 1 aromatic carbocycles. The van der Waals surface area contributed by atoms with Crippen molar-refractivity contribution in [3.05, 3.63) is 35.9 Å². The number of amides is 1. The Morgan fingerprint density at radius 1 is 1.26 bits per heavy atom. The first-order chi connectivity index (χ1) is 9.10. The highest BCUT2D eigenvalue weighted by Gasteiger charge is 2.23. The molecule has 0 unspecified atom stereocenters. The van der Waals surface area contributed by atoms with Gasteiger partial charge in [-0.25, -0.2) is 4.79 Å². The molecule has 6 nitrogen and oxygen atoms in total. The molecule has 1 aromatic rings. The van der Waals surface area contributed by atoms with Gasteiger partial charge >= 0.3 is 11.7 Å². The van der Waals surface area contributed by atoms with Gasteiger partial charge in [0.2, 0.25) is 5.91 Å². The van der Waals surface area contributed by atoms with Gasteiger partial charge in [-0.3, -0.25) is 4.79 Å². The summed E-state index contributed by atoms with van der Waals surface area (Å²) in [6, 6.07) is 9.12. The smallest absolute Gasteiger partial charge is 0.416 e. The van der Waals surface area contributed by atoms with E-state index in [-0.39, 0.29) is 24.5 Å². The highest BCUT2D eigenvalue weighted by molar-refractivity contribution is 6.34. The van der Waals surface area contributed by atoms with Crippen molar-refractivity contribution >= 4 is 23.3 Å². The predicted octanol–water partition coefficient (Wildman–Crippen LogP) is 1.27. The molecule has 1 amide bonds. The van der Waals surface area contributed by atoms with Crippen molar-refractivity contribution in [1.82, 2.24) is 0 Å². The van der Waals surface area contributed by atoms with E-state index < -0.39 is 5.97 Å². The van der Waals surface area contributed by atoms with Crippen LogP contribution in [-0.2, 0) is 14.3 Å². The van der Waals surface area contributed by atoms with Crippen LogP contribution >= 0.6 is 0 Å². The van der Waals surface area contributed by atoms with Crippen LogP contribution in [0.2, 0.25) is 0 Å². The summed E-state index contributed by atoms with van der Waals surface area (Å²) in [7, 11) is 2.83. The standard InChI is InChI=1S/C13H15N3O3/c1-16(10-6-4-3-5-7-10)12(17)9-8-11(15-14)13(18)19-2/h3-7H,8-9H2,1-2H3. The fraction of sp³-hybridized carbons (Fsp3) is 0.308. The molecule has 0 fully saturated rings. The third-order valence-corrected chi connectivity index (χ3v) is 2.63. The first-order valence-electron chi connectivity index (χ1n) is 5.71. The summed E-state index contributed by atoms with van der Waals surface area (Å²) in [6.07, 6.45) is 0.0824. The van der Waals surface area contributed by atoms with E-state index in [0.717, 1.165) is 5.69 Å². The zero-order valence-electron chi connectivity index (χ0n) is 10.9. The molecule has 0 saturated heterocycles. The zero-order chi connectivity index (χ0) is 14.3. The topological polar surface area (TPSA) is 83.0 Å². The molecule has 0 saturated carbocycles. The fourth-order valence-corrected chi connectivity index (χ4v) is 1.50.